The molecular weight excluding hydrogens is 371 g/mol. The van der Waals surface area contributed by atoms with Gasteiger partial charge in [0.1, 0.15) is 11.6 Å². The van der Waals surface area contributed by atoms with E-state index in [-0.39, 0.29) is 16.1 Å². The van der Waals surface area contributed by atoms with Gasteiger partial charge in [0.2, 0.25) is 0 Å². The standard InChI is InChI=1S/C14H10BrCl2F2N/c1-20-14(7-3-2-4-10(16)13(7)19)8-5-11(17)9(15)6-12(8)18/h2-6,14,20H,1H3. The number of benzene rings is 2. The molecule has 1 unspecified atom stereocenters. The van der Waals surface area contributed by atoms with Crippen molar-refractivity contribution in [2.75, 3.05) is 7.05 Å². The van der Waals surface area contributed by atoms with Crippen molar-refractivity contribution in [3.8, 4) is 0 Å². The highest BCUT2D eigenvalue weighted by atomic mass is 79.9. The predicted molar refractivity (Wildman–Crippen MR) is 81.4 cm³/mol. The minimum absolute atomic E-state index is 0.00799. The highest BCUT2D eigenvalue weighted by Crippen LogP contribution is 2.33. The summed E-state index contributed by atoms with van der Waals surface area (Å²) in [4.78, 5) is 0. The van der Waals surface area contributed by atoms with Crippen LogP contribution in [-0.2, 0) is 0 Å². The fourth-order valence-electron chi connectivity index (χ4n) is 1.98. The topological polar surface area (TPSA) is 12.0 Å². The molecule has 0 saturated heterocycles. The summed E-state index contributed by atoms with van der Waals surface area (Å²) >= 11 is 14.9. The van der Waals surface area contributed by atoms with Crippen LogP contribution in [-0.4, -0.2) is 7.05 Å². The van der Waals surface area contributed by atoms with Crippen molar-refractivity contribution in [2.24, 2.45) is 0 Å². The molecule has 6 heteroatoms. The Bertz CT molecular complexity index is 649. The molecule has 0 aliphatic heterocycles. The van der Waals surface area contributed by atoms with Crippen molar-refractivity contribution in [3.05, 3.63) is 67.6 Å². The van der Waals surface area contributed by atoms with Crippen molar-refractivity contribution in [2.45, 2.75) is 6.04 Å². The Morgan fingerprint density at radius 3 is 2.45 bits per heavy atom. The van der Waals surface area contributed by atoms with Gasteiger partial charge >= 0.3 is 0 Å². The number of rotatable bonds is 3. The summed E-state index contributed by atoms with van der Waals surface area (Å²) in [6.45, 7) is 0. The molecule has 0 amide bonds. The average molecular weight is 381 g/mol. The van der Waals surface area contributed by atoms with E-state index >= 15 is 0 Å². The van der Waals surface area contributed by atoms with Crippen LogP contribution in [0.5, 0.6) is 0 Å². The van der Waals surface area contributed by atoms with Crippen LogP contribution in [0.2, 0.25) is 10.0 Å². The first-order chi connectivity index (χ1) is 9.45. The van der Waals surface area contributed by atoms with E-state index in [1.54, 1.807) is 19.2 Å². The van der Waals surface area contributed by atoms with Gasteiger partial charge < -0.3 is 5.32 Å². The second-order valence-corrected chi connectivity index (χ2v) is 5.82. The van der Waals surface area contributed by atoms with E-state index in [1.165, 1.54) is 18.2 Å². The van der Waals surface area contributed by atoms with Crippen LogP contribution in [0.4, 0.5) is 8.78 Å². The quantitative estimate of drug-likeness (QED) is 0.708. The number of nitrogens with one attached hydrogen (secondary N) is 1. The molecule has 0 spiro atoms. The van der Waals surface area contributed by atoms with E-state index < -0.39 is 17.7 Å². The minimum Gasteiger partial charge on any atom is -0.309 e. The van der Waals surface area contributed by atoms with Gasteiger partial charge in [-0.3, -0.25) is 0 Å². The molecule has 2 aromatic rings. The van der Waals surface area contributed by atoms with E-state index in [0.717, 1.165) is 0 Å². The highest BCUT2D eigenvalue weighted by molar-refractivity contribution is 9.10. The van der Waals surface area contributed by atoms with Crippen molar-refractivity contribution in [1.82, 2.24) is 5.32 Å². The van der Waals surface area contributed by atoms with E-state index in [4.69, 9.17) is 23.2 Å². The predicted octanol–water partition coefficient (Wildman–Crippen LogP) is 5.34. The van der Waals surface area contributed by atoms with Crippen LogP contribution in [0.15, 0.2) is 34.8 Å². The Morgan fingerprint density at radius 1 is 1.10 bits per heavy atom. The van der Waals surface area contributed by atoms with Crippen LogP contribution in [0, 0.1) is 11.6 Å². The van der Waals surface area contributed by atoms with Crippen LogP contribution in [0.3, 0.4) is 0 Å². The fraction of sp³-hybridized carbons (Fsp3) is 0.143. The molecule has 20 heavy (non-hydrogen) atoms. The van der Waals surface area contributed by atoms with Gasteiger partial charge in [0.25, 0.3) is 0 Å². The van der Waals surface area contributed by atoms with E-state index in [1.807, 2.05) is 0 Å². The summed E-state index contributed by atoms with van der Waals surface area (Å²) in [7, 11) is 1.61. The first kappa shape index (κ1) is 15.7. The third-order valence-corrected chi connectivity index (χ3v) is 4.42. The van der Waals surface area contributed by atoms with Gasteiger partial charge in [0, 0.05) is 15.6 Å². The lowest BCUT2D eigenvalue weighted by molar-refractivity contribution is 0.547. The lowest BCUT2D eigenvalue weighted by atomic mass is 9.98. The number of halogens is 5. The van der Waals surface area contributed by atoms with Crippen molar-refractivity contribution < 1.29 is 8.78 Å². The molecular formula is C14H10BrCl2F2N. The van der Waals surface area contributed by atoms with Gasteiger partial charge in [-0.15, -0.1) is 0 Å². The maximum atomic E-state index is 14.1. The molecule has 2 aromatic carbocycles. The molecule has 0 aromatic heterocycles. The molecule has 0 bridgehead atoms. The first-order valence-electron chi connectivity index (χ1n) is 5.71. The molecule has 1 nitrogen and oxygen atoms in total. The van der Waals surface area contributed by atoms with Gasteiger partial charge in [-0.25, -0.2) is 8.78 Å². The van der Waals surface area contributed by atoms with Crippen molar-refractivity contribution in [1.29, 1.82) is 0 Å². The maximum absolute atomic E-state index is 14.1. The fourth-order valence-corrected chi connectivity index (χ4v) is 2.65. The summed E-state index contributed by atoms with van der Waals surface area (Å²) in [6, 6.07) is 6.64. The smallest absolute Gasteiger partial charge is 0.146 e. The SMILES string of the molecule is CNC(c1cc(Cl)c(Br)cc1F)c1cccc(Cl)c1F. The van der Waals surface area contributed by atoms with Crippen molar-refractivity contribution >= 4 is 39.1 Å². The molecule has 2 rings (SSSR count). The summed E-state index contributed by atoms with van der Waals surface area (Å²) in [5, 5.41) is 3.22. The summed E-state index contributed by atoms with van der Waals surface area (Å²) in [5.41, 5.74) is 0.513. The molecule has 1 atom stereocenters. The van der Waals surface area contributed by atoms with Gasteiger partial charge in [-0.1, -0.05) is 35.3 Å². The molecule has 0 radical (unpaired) electrons. The van der Waals surface area contributed by atoms with Crippen molar-refractivity contribution in [3.63, 3.8) is 0 Å². The third-order valence-electron chi connectivity index (χ3n) is 2.93. The molecule has 0 aliphatic rings. The Hall–Kier alpha value is -0.680. The molecule has 1 N–H and O–H groups in total. The zero-order chi connectivity index (χ0) is 14.9. The molecule has 106 valence electrons. The molecule has 0 fully saturated rings. The molecule has 0 saturated carbocycles. The lowest BCUT2D eigenvalue weighted by Gasteiger charge is -2.19. The normalized spacial score (nSPS) is 12.5. The van der Waals surface area contributed by atoms with Crippen LogP contribution in [0.25, 0.3) is 0 Å². The second kappa shape index (κ2) is 6.39. The Balaban J connectivity index is 2.58. The second-order valence-electron chi connectivity index (χ2n) is 4.15. The maximum Gasteiger partial charge on any atom is 0.146 e. The summed E-state index contributed by atoms with van der Waals surface area (Å²) < 4.78 is 28.6. The molecule has 0 heterocycles. The van der Waals surface area contributed by atoms with Gasteiger partial charge in [0.05, 0.1) is 16.1 Å². The lowest BCUT2D eigenvalue weighted by Crippen LogP contribution is -2.20. The molecule has 0 aliphatic carbocycles. The zero-order valence-corrected chi connectivity index (χ0v) is 13.5. The largest absolute Gasteiger partial charge is 0.309 e. The Morgan fingerprint density at radius 2 is 1.80 bits per heavy atom. The third kappa shape index (κ3) is 2.98. The van der Waals surface area contributed by atoms with E-state index in [0.29, 0.717) is 9.50 Å². The van der Waals surface area contributed by atoms with E-state index in [9.17, 15) is 8.78 Å². The van der Waals surface area contributed by atoms with Gasteiger partial charge in [-0.05, 0) is 41.2 Å². The van der Waals surface area contributed by atoms with E-state index in [2.05, 4.69) is 21.2 Å². The monoisotopic (exact) mass is 379 g/mol. The van der Waals surface area contributed by atoms with Crippen LogP contribution >= 0.6 is 39.1 Å². The Labute approximate surface area is 134 Å². The van der Waals surface area contributed by atoms with Gasteiger partial charge in [0.15, 0.2) is 0 Å². The van der Waals surface area contributed by atoms with Crippen LogP contribution in [0.1, 0.15) is 17.2 Å². The minimum atomic E-state index is -0.681. The summed E-state index contributed by atoms with van der Waals surface area (Å²) in [5.74, 6) is -1.06. The number of hydrogen-bond acceptors (Lipinski definition) is 1. The highest BCUT2D eigenvalue weighted by Gasteiger charge is 2.22. The zero-order valence-electron chi connectivity index (χ0n) is 10.4. The summed E-state index contributed by atoms with van der Waals surface area (Å²) in [6.07, 6.45) is 0. The van der Waals surface area contributed by atoms with Gasteiger partial charge in [-0.2, -0.15) is 0 Å². The van der Waals surface area contributed by atoms with Crippen LogP contribution < -0.4 is 5.32 Å². The average Bonchev–Trinajstić information content (AvgIpc) is 2.41. The Kier molecular flexibility index (Phi) is 5.02. The first-order valence-corrected chi connectivity index (χ1v) is 7.26. The number of hydrogen-bond donors (Lipinski definition) is 1.